The van der Waals surface area contributed by atoms with E-state index in [0.29, 0.717) is 28.9 Å². The third-order valence-corrected chi connectivity index (χ3v) is 8.04. The molecule has 0 atom stereocenters. The molecular weight excluding hydrogens is 588 g/mol. The number of carbonyl (C=O) groups excluding carboxylic acids is 2. The summed E-state index contributed by atoms with van der Waals surface area (Å²) < 4.78 is 6.24. The standard InChI is InChI=1S/C31H29BrN4O3S/c1-20-7-3-5-9-24(20)30(38)36-17-15-35(16-18-36)23-13-11-22(12-14-23)33-31(40)34-29(37)26-19-21-8-4-6-10-25(21)27(32)28(26)39-2/h3-14,19H,15-18H2,1-2H3,(H2,33,34,37,40). The summed E-state index contributed by atoms with van der Waals surface area (Å²) in [5.74, 6) is 0.168. The van der Waals surface area contributed by atoms with Crippen molar-refractivity contribution in [1.82, 2.24) is 10.2 Å². The number of aryl methyl sites for hydroxylation is 1. The summed E-state index contributed by atoms with van der Waals surface area (Å²) in [6.07, 6.45) is 0. The fourth-order valence-electron chi connectivity index (χ4n) is 4.89. The molecule has 0 bridgehead atoms. The van der Waals surface area contributed by atoms with Gasteiger partial charge in [-0.1, -0.05) is 42.5 Å². The second-order valence-corrected chi connectivity index (χ2v) is 10.7. The molecule has 1 heterocycles. The summed E-state index contributed by atoms with van der Waals surface area (Å²) in [6.45, 7) is 4.80. The molecule has 1 aliphatic rings. The second kappa shape index (κ2) is 12.1. The van der Waals surface area contributed by atoms with Gasteiger partial charge >= 0.3 is 0 Å². The zero-order valence-corrected chi connectivity index (χ0v) is 24.6. The molecule has 204 valence electrons. The maximum atomic E-state index is 13.1. The van der Waals surface area contributed by atoms with Crippen LogP contribution in [0, 0.1) is 6.92 Å². The van der Waals surface area contributed by atoms with Crippen LogP contribution in [-0.4, -0.2) is 55.1 Å². The lowest BCUT2D eigenvalue weighted by atomic mass is 10.1. The average Bonchev–Trinajstić information content (AvgIpc) is 2.97. The lowest BCUT2D eigenvalue weighted by molar-refractivity contribution is 0.0746. The fourth-order valence-corrected chi connectivity index (χ4v) is 5.84. The highest BCUT2D eigenvalue weighted by atomic mass is 79.9. The molecule has 1 fully saturated rings. The van der Waals surface area contributed by atoms with Crippen molar-refractivity contribution >= 4 is 67.2 Å². The summed E-state index contributed by atoms with van der Waals surface area (Å²) in [4.78, 5) is 30.2. The van der Waals surface area contributed by atoms with Crippen LogP contribution in [0.15, 0.2) is 83.3 Å². The predicted octanol–water partition coefficient (Wildman–Crippen LogP) is 6.01. The van der Waals surface area contributed by atoms with Crippen LogP contribution in [0.25, 0.3) is 10.8 Å². The van der Waals surface area contributed by atoms with Gasteiger partial charge < -0.3 is 19.9 Å². The van der Waals surface area contributed by atoms with Gasteiger partial charge in [0.2, 0.25) is 0 Å². The number of hydrogen-bond acceptors (Lipinski definition) is 5. The molecule has 4 aromatic carbocycles. The predicted molar refractivity (Wildman–Crippen MR) is 168 cm³/mol. The third kappa shape index (κ3) is 5.80. The van der Waals surface area contributed by atoms with Gasteiger partial charge in [-0.05, 0) is 87.8 Å². The van der Waals surface area contributed by atoms with E-state index >= 15 is 0 Å². The average molecular weight is 618 g/mol. The van der Waals surface area contributed by atoms with Crippen molar-refractivity contribution in [3.8, 4) is 5.75 Å². The largest absolute Gasteiger partial charge is 0.495 e. The van der Waals surface area contributed by atoms with Gasteiger partial charge in [-0.15, -0.1) is 0 Å². The van der Waals surface area contributed by atoms with Crippen molar-refractivity contribution in [1.29, 1.82) is 0 Å². The summed E-state index contributed by atoms with van der Waals surface area (Å²) in [6, 6.07) is 25.1. The first-order valence-corrected chi connectivity index (χ1v) is 14.1. The molecule has 40 heavy (non-hydrogen) atoms. The summed E-state index contributed by atoms with van der Waals surface area (Å²) in [5, 5.41) is 7.89. The molecule has 0 unspecified atom stereocenters. The molecule has 2 N–H and O–H groups in total. The number of nitrogens with one attached hydrogen (secondary N) is 2. The number of hydrogen-bond donors (Lipinski definition) is 2. The fraction of sp³-hybridized carbons (Fsp3) is 0.194. The van der Waals surface area contributed by atoms with Gasteiger partial charge in [-0.3, -0.25) is 14.9 Å². The van der Waals surface area contributed by atoms with E-state index < -0.39 is 0 Å². The molecule has 1 aliphatic heterocycles. The molecule has 0 saturated carbocycles. The van der Waals surface area contributed by atoms with Gasteiger partial charge in [0.15, 0.2) is 5.11 Å². The highest BCUT2D eigenvalue weighted by molar-refractivity contribution is 9.10. The van der Waals surface area contributed by atoms with E-state index in [1.54, 1.807) is 6.07 Å². The van der Waals surface area contributed by atoms with Crippen LogP contribution in [0.4, 0.5) is 11.4 Å². The van der Waals surface area contributed by atoms with E-state index in [0.717, 1.165) is 46.4 Å². The molecule has 0 aromatic heterocycles. The number of amides is 2. The van der Waals surface area contributed by atoms with Crippen LogP contribution in [0.1, 0.15) is 26.3 Å². The van der Waals surface area contributed by atoms with E-state index in [4.69, 9.17) is 17.0 Å². The molecule has 9 heteroatoms. The SMILES string of the molecule is COc1c(C(=O)NC(=S)Nc2ccc(N3CCN(C(=O)c4ccccc4C)CC3)cc2)cc2ccccc2c1Br. The van der Waals surface area contributed by atoms with Crippen molar-refractivity contribution in [2.75, 3.05) is 43.5 Å². The van der Waals surface area contributed by atoms with Gasteiger partial charge in [0.1, 0.15) is 5.75 Å². The minimum absolute atomic E-state index is 0.0847. The quantitative estimate of drug-likeness (QED) is 0.268. The zero-order valence-electron chi connectivity index (χ0n) is 22.2. The normalized spacial score (nSPS) is 13.2. The Bertz CT molecular complexity index is 1580. The Morgan fingerprint density at radius 3 is 2.27 bits per heavy atom. The van der Waals surface area contributed by atoms with Crippen LogP contribution >= 0.6 is 28.1 Å². The number of benzene rings is 4. The van der Waals surface area contributed by atoms with Crippen LogP contribution in [0.3, 0.4) is 0 Å². The Morgan fingerprint density at radius 1 is 0.900 bits per heavy atom. The molecule has 0 spiro atoms. The molecule has 1 saturated heterocycles. The molecule has 0 radical (unpaired) electrons. The van der Waals surface area contributed by atoms with Crippen molar-refractivity contribution in [3.05, 3.63) is 100 Å². The van der Waals surface area contributed by atoms with Crippen molar-refractivity contribution in [2.45, 2.75) is 6.92 Å². The first kappa shape index (κ1) is 27.6. The smallest absolute Gasteiger partial charge is 0.261 e. The molecule has 4 aromatic rings. The number of methoxy groups -OCH3 is 1. The van der Waals surface area contributed by atoms with Gasteiger partial charge in [0.05, 0.1) is 17.1 Å². The maximum Gasteiger partial charge on any atom is 0.261 e. The first-order valence-electron chi connectivity index (χ1n) is 12.9. The second-order valence-electron chi connectivity index (χ2n) is 9.54. The number of halogens is 1. The number of fused-ring (bicyclic) bond motifs is 1. The monoisotopic (exact) mass is 616 g/mol. The molecule has 7 nitrogen and oxygen atoms in total. The van der Waals surface area contributed by atoms with E-state index in [2.05, 4.69) is 31.5 Å². The Labute approximate surface area is 247 Å². The Kier molecular flexibility index (Phi) is 8.32. The number of carbonyl (C=O) groups is 2. The van der Waals surface area contributed by atoms with Crippen molar-refractivity contribution in [3.63, 3.8) is 0 Å². The van der Waals surface area contributed by atoms with Gasteiger partial charge in [-0.25, -0.2) is 0 Å². The van der Waals surface area contributed by atoms with Gasteiger partial charge in [0.25, 0.3) is 11.8 Å². The minimum Gasteiger partial charge on any atom is -0.495 e. The maximum absolute atomic E-state index is 13.1. The van der Waals surface area contributed by atoms with E-state index in [1.807, 2.05) is 84.6 Å². The molecule has 5 rings (SSSR count). The van der Waals surface area contributed by atoms with Crippen molar-refractivity contribution < 1.29 is 14.3 Å². The van der Waals surface area contributed by atoms with Crippen molar-refractivity contribution in [2.24, 2.45) is 0 Å². The number of thiocarbonyl (C=S) groups is 1. The van der Waals surface area contributed by atoms with Crippen LogP contribution < -0.4 is 20.3 Å². The summed E-state index contributed by atoms with van der Waals surface area (Å²) >= 11 is 8.99. The molecule has 2 amide bonds. The minimum atomic E-state index is -0.365. The number of nitrogens with zero attached hydrogens (tertiary/aromatic N) is 2. The third-order valence-electron chi connectivity index (χ3n) is 7.05. The Hall–Kier alpha value is -3.95. The number of piperazine rings is 1. The van der Waals surface area contributed by atoms with Crippen LogP contribution in [0.2, 0.25) is 0 Å². The molecular formula is C31H29BrN4O3S. The Morgan fingerprint density at radius 2 is 1.57 bits per heavy atom. The van der Waals surface area contributed by atoms with E-state index in [-0.39, 0.29) is 16.9 Å². The number of rotatable bonds is 5. The van der Waals surface area contributed by atoms with E-state index in [1.165, 1.54) is 7.11 Å². The van der Waals surface area contributed by atoms with Crippen LogP contribution in [-0.2, 0) is 0 Å². The highest BCUT2D eigenvalue weighted by Gasteiger charge is 2.23. The van der Waals surface area contributed by atoms with Gasteiger partial charge in [0, 0.05) is 43.1 Å². The van der Waals surface area contributed by atoms with Crippen LogP contribution in [0.5, 0.6) is 5.75 Å². The lowest BCUT2D eigenvalue weighted by Gasteiger charge is -2.36. The molecule has 0 aliphatic carbocycles. The first-order chi connectivity index (χ1) is 19.4. The topological polar surface area (TPSA) is 73.9 Å². The van der Waals surface area contributed by atoms with E-state index in [9.17, 15) is 9.59 Å². The highest BCUT2D eigenvalue weighted by Crippen LogP contribution is 2.36. The lowest BCUT2D eigenvalue weighted by Crippen LogP contribution is -2.48. The van der Waals surface area contributed by atoms with Gasteiger partial charge in [-0.2, -0.15) is 0 Å². The summed E-state index contributed by atoms with van der Waals surface area (Å²) in [7, 11) is 1.53. The zero-order chi connectivity index (χ0) is 28.2. The number of anilines is 2. The number of ether oxygens (including phenoxy) is 1. The summed E-state index contributed by atoms with van der Waals surface area (Å²) in [5.41, 5.74) is 3.97. The Balaban J connectivity index is 1.18.